The summed E-state index contributed by atoms with van der Waals surface area (Å²) in [5, 5.41) is 0. The molecular weight excluding hydrogens is 292 g/mol. The highest BCUT2D eigenvalue weighted by Gasteiger charge is 2.48. The van der Waals surface area contributed by atoms with Crippen LogP contribution >= 0.6 is 0 Å². The Balaban J connectivity index is 2.56. The van der Waals surface area contributed by atoms with Crippen LogP contribution in [0.1, 0.15) is 12.8 Å². The Labute approximate surface area is 121 Å². The SMILES string of the molecule is CO[Si](CCC1CC[Si](C)(C)[Si](C)(C)O1)(OC)OC. The van der Waals surface area contributed by atoms with Crippen LogP contribution < -0.4 is 0 Å². The van der Waals surface area contributed by atoms with Gasteiger partial charge in [-0.05, 0) is 25.9 Å². The van der Waals surface area contributed by atoms with Gasteiger partial charge in [-0.1, -0.05) is 19.1 Å². The number of hydrogen-bond donors (Lipinski definition) is 0. The van der Waals surface area contributed by atoms with E-state index in [1.807, 2.05) is 0 Å². The quantitative estimate of drug-likeness (QED) is 0.704. The summed E-state index contributed by atoms with van der Waals surface area (Å²) in [7, 11) is -0.00958. The van der Waals surface area contributed by atoms with Crippen molar-refractivity contribution >= 4 is 24.2 Å². The van der Waals surface area contributed by atoms with E-state index in [4.69, 9.17) is 17.7 Å². The zero-order valence-corrected chi connectivity index (χ0v) is 16.5. The summed E-state index contributed by atoms with van der Waals surface area (Å²) in [6.07, 6.45) is 2.55. The van der Waals surface area contributed by atoms with Gasteiger partial charge in [-0.2, -0.15) is 0 Å². The first-order valence-corrected chi connectivity index (χ1v) is 16.1. The Morgan fingerprint density at radius 1 is 1.05 bits per heavy atom. The molecule has 19 heavy (non-hydrogen) atoms. The maximum atomic E-state index is 6.47. The normalized spacial score (nSPS) is 26.4. The summed E-state index contributed by atoms with van der Waals surface area (Å²) in [5.41, 5.74) is 0. The molecule has 0 radical (unpaired) electrons. The maximum Gasteiger partial charge on any atom is 0.500 e. The molecule has 1 aliphatic heterocycles. The summed E-state index contributed by atoms with van der Waals surface area (Å²) in [6, 6.07) is 2.23. The molecule has 1 unspecified atom stereocenters. The smallest absolute Gasteiger partial charge is 0.417 e. The first kappa shape index (κ1) is 17.5. The highest BCUT2D eigenvalue weighted by molar-refractivity contribution is 7.38. The lowest BCUT2D eigenvalue weighted by Crippen LogP contribution is -2.61. The van der Waals surface area contributed by atoms with Crippen LogP contribution in [0.25, 0.3) is 0 Å². The van der Waals surface area contributed by atoms with E-state index in [9.17, 15) is 0 Å². The average molecular weight is 323 g/mol. The van der Waals surface area contributed by atoms with Crippen molar-refractivity contribution in [1.82, 2.24) is 0 Å². The zero-order valence-electron chi connectivity index (χ0n) is 13.5. The molecule has 1 atom stereocenters. The van der Waals surface area contributed by atoms with Crippen molar-refractivity contribution < 1.29 is 17.7 Å². The highest BCUT2D eigenvalue weighted by Crippen LogP contribution is 2.35. The van der Waals surface area contributed by atoms with E-state index in [0.717, 1.165) is 12.5 Å². The lowest BCUT2D eigenvalue weighted by atomic mass is 10.2. The van der Waals surface area contributed by atoms with Gasteiger partial charge in [0.1, 0.15) is 0 Å². The minimum absolute atomic E-state index is 0.370. The minimum Gasteiger partial charge on any atom is -0.417 e. The van der Waals surface area contributed by atoms with Crippen LogP contribution in [0.5, 0.6) is 0 Å². The summed E-state index contributed by atoms with van der Waals surface area (Å²) in [4.78, 5) is 0. The first-order chi connectivity index (χ1) is 8.72. The van der Waals surface area contributed by atoms with Gasteiger partial charge in [0.2, 0.25) is 0 Å². The van der Waals surface area contributed by atoms with Crippen LogP contribution in [0.15, 0.2) is 0 Å². The van der Waals surface area contributed by atoms with Crippen LogP contribution in [0.2, 0.25) is 38.3 Å². The second-order valence-corrected chi connectivity index (χ2v) is 24.8. The predicted octanol–water partition coefficient (Wildman–Crippen LogP) is 3.04. The molecule has 0 amide bonds. The highest BCUT2D eigenvalue weighted by atomic mass is 29.3. The fourth-order valence-electron chi connectivity index (χ4n) is 2.56. The standard InChI is InChI=1S/C12H30O4Si3/c1-13-19(14-2,15-3)11-9-12-8-10-17(4,5)18(6,7)16-12/h12H,8-11H2,1-7H3. The van der Waals surface area contributed by atoms with Gasteiger partial charge in [0.15, 0.2) is 7.83 Å². The van der Waals surface area contributed by atoms with Gasteiger partial charge in [-0.25, -0.2) is 0 Å². The molecule has 0 aromatic carbocycles. The molecule has 114 valence electrons. The Kier molecular flexibility index (Phi) is 6.01. The van der Waals surface area contributed by atoms with Crippen molar-refractivity contribution in [2.24, 2.45) is 0 Å². The molecule has 0 aromatic heterocycles. The van der Waals surface area contributed by atoms with Gasteiger partial charge < -0.3 is 17.7 Å². The van der Waals surface area contributed by atoms with E-state index in [2.05, 4.69) is 26.2 Å². The fraction of sp³-hybridized carbons (Fsp3) is 1.00. The van der Waals surface area contributed by atoms with Crippen LogP contribution in [0.3, 0.4) is 0 Å². The molecule has 0 saturated carbocycles. The second kappa shape index (κ2) is 6.50. The third kappa shape index (κ3) is 3.99. The molecular formula is C12H30O4Si3. The van der Waals surface area contributed by atoms with E-state index >= 15 is 0 Å². The lowest BCUT2D eigenvalue weighted by Gasteiger charge is -2.46. The summed E-state index contributed by atoms with van der Waals surface area (Å²) in [5.74, 6) is 0. The van der Waals surface area contributed by atoms with Gasteiger partial charge in [0.05, 0.1) is 7.59 Å². The lowest BCUT2D eigenvalue weighted by molar-refractivity contribution is 0.112. The monoisotopic (exact) mass is 322 g/mol. The van der Waals surface area contributed by atoms with Gasteiger partial charge in [-0.3, -0.25) is 0 Å². The fourth-order valence-corrected chi connectivity index (χ4v) is 11.1. The van der Waals surface area contributed by atoms with Gasteiger partial charge >= 0.3 is 8.80 Å². The molecule has 0 aliphatic carbocycles. The van der Waals surface area contributed by atoms with E-state index in [1.165, 1.54) is 12.5 Å². The van der Waals surface area contributed by atoms with Gasteiger partial charge in [-0.15, -0.1) is 0 Å². The first-order valence-electron chi connectivity index (χ1n) is 7.05. The number of hydrogen-bond acceptors (Lipinski definition) is 4. The Morgan fingerprint density at radius 3 is 2.00 bits per heavy atom. The van der Waals surface area contributed by atoms with E-state index in [1.54, 1.807) is 21.3 Å². The topological polar surface area (TPSA) is 36.9 Å². The van der Waals surface area contributed by atoms with Crippen molar-refractivity contribution in [3.8, 4) is 0 Å². The van der Waals surface area contributed by atoms with Crippen LogP contribution in [-0.2, 0) is 17.7 Å². The average Bonchev–Trinajstić information content (AvgIpc) is 2.36. The van der Waals surface area contributed by atoms with Gasteiger partial charge in [0.25, 0.3) is 0 Å². The molecule has 0 bridgehead atoms. The summed E-state index contributed by atoms with van der Waals surface area (Å²) < 4.78 is 22.9. The van der Waals surface area contributed by atoms with E-state index < -0.39 is 24.2 Å². The van der Waals surface area contributed by atoms with Crippen molar-refractivity contribution in [2.45, 2.75) is 57.2 Å². The van der Waals surface area contributed by atoms with Crippen LogP contribution in [0, 0.1) is 0 Å². The van der Waals surface area contributed by atoms with Crippen molar-refractivity contribution in [3.63, 3.8) is 0 Å². The molecule has 0 N–H and O–H groups in total. The van der Waals surface area contributed by atoms with Crippen molar-refractivity contribution in [1.29, 1.82) is 0 Å². The minimum atomic E-state index is -2.44. The summed E-state index contributed by atoms with van der Waals surface area (Å²) >= 11 is 0. The van der Waals surface area contributed by atoms with Crippen LogP contribution in [-0.4, -0.2) is 51.7 Å². The molecule has 1 aliphatic rings. The van der Waals surface area contributed by atoms with Crippen LogP contribution in [0.4, 0.5) is 0 Å². The summed E-state index contributed by atoms with van der Waals surface area (Å²) in [6.45, 7) is 9.74. The zero-order chi connectivity index (χ0) is 14.7. The molecule has 1 heterocycles. The Morgan fingerprint density at radius 2 is 1.58 bits per heavy atom. The Hall–Kier alpha value is 0.491. The molecule has 4 nitrogen and oxygen atoms in total. The molecule has 0 aromatic rings. The van der Waals surface area contributed by atoms with Gasteiger partial charge in [0, 0.05) is 33.5 Å². The third-order valence-electron chi connectivity index (χ3n) is 4.89. The van der Waals surface area contributed by atoms with E-state index in [-0.39, 0.29) is 0 Å². The molecule has 1 rings (SSSR count). The largest absolute Gasteiger partial charge is 0.500 e. The van der Waals surface area contributed by atoms with Crippen molar-refractivity contribution in [2.75, 3.05) is 21.3 Å². The molecule has 7 heteroatoms. The maximum absolute atomic E-state index is 6.47. The predicted molar refractivity (Wildman–Crippen MR) is 85.5 cm³/mol. The molecule has 0 spiro atoms. The molecule has 1 fully saturated rings. The Bertz CT molecular complexity index is 284. The molecule has 1 saturated heterocycles. The van der Waals surface area contributed by atoms with Crippen molar-refractivity contribution in [3.05, 3.63) is 0 Å². The van der Waals surface area contributed by atoms with E-state index in [0.29, 0.717) is 6.10 Å². The second-order valence-electron chi connectivity index (χ2n) is 6.51. The number of rotatable bonds is 6. The third-order valence-corrected chi connectivity index (χ3v) is 24.3.